The van der Waals surface area contributed by atoms with Gasteiger partial charge in [0.25, 0.3) is 0 Å². The smallest absolute Gasteiger partial charge is 0.244 e. The molecule has 1 aromatic heterocycles. The molecule has 3 N–H and O–H groups in total. The highest BCUT2D eigenvalue weighted by Crippen LogP contribution is 2.31. The number of rotatable bonds is 4. The van der Waals surface area contributed by atoms with Crippen LogP contribution in [0.15, 0.2) is 18.3 Å². The number of nitrogens with two attached hydrogens (primary N) is 1. The molecule has 4 rings (SSSR count). The van der Waals surface area contributed by atoms with Crippen molar-refractivity contribution in [1.82, 2.24) is 9.88 Å². The zero-order valence-electron chi connectivity index (χ0n) is 15.5. The van der Waals surface area contributed by atoms with Crippen LogP contribution in [0.1, 0.15) is 25.7 Å². The number of piperazine rings is 1. The topological polar surface area (TPSA) is 101 Å². The minimum absolute atomic E-state index is 0.187. The Morgan fingerprint density at radius 3 is 2.44 bits per heavy atom. The van der Waals surface area contributed by atoms with Crippen molar-refractivity contribution in [3.05, 3.63) is 18.3 Å². The molecule has 146 valence electrons. The average molecular weight is 373 g/mol. The van der Waals surface area contributed by atoms with Gasteiger partial charge in [0.05, 0.1) is 11.9 Å². The number of amides is 2. The molecule has 0 spiro atoms. The second kappa shape index (κ2) is 7.44. The van der Waals surface area contributed by atoms with E-state index in [9.17, 15) is 9.59 Å². The number of anilines is 2. The Morgan fingerprint density at radius 2 is 1.85 bits per heavy atom. The van der Waals surface area contributed by atoms with Crippen LogP contribution in [0.4, 0.5) is 11.5 Å². The molecule has 0 bridgehead atoms. The van der Waals surface area contributed by atoms with Gasteiger partial charge in [-0.05, 0) is 37.8 Å². The number of pyridine rings is 1. The molecule has 2 amide bonds. The minimum Gasteiger partial charge on any atom is -0.381 e. The normalized spacial score (nSPS) is 22.4. The lowest BCUT2D eigenvalue weighted by Crippen LogP contribution is -2.54. The van der Waals surface area contributed by atoms with E-state index in [0.29, 0.717) is 37.6 Å². The summed E-state index contributed by atoms with van der Waals surface area (Å²) in [4.78, 5) is 33.2. The molecule has 0 atom stereocenters. The van der Waals surface area contributed by atoms with Gasteiger partial charge in [0, 0.05) is 45.3 Å². The Hall–Kier alpha value is -2.19. The van der Waals surface area contributed by atoms with Crippen molar-refractivity contribution in [3.8, 4) is 0 Å². The molecular formula is C19H27N5O3. The largest absolute Gasteiger partial charge is 0.381 e. The van der Waals surface area contributed by atoms with Gasteiger partial charge in [-0.25, -0.2) is 4.98 Å². The zero-order chi connectivity index (χ0) is 18.9. The molecule has 1 aliphatic carbocycles. The fourth-order valence-corrected chi connectivity index (χ4v) is 3.61. The maximum atomic E-state index is 12.5. The van der Waals surface area contributed by atoms with E-state index < -0.39 is 5.54 Å². The molecule has 8 nitrogen and oxygen atoms in total. The van der Waals surface area contributed by atoms with E-state index in [4.69, 9.17) is 10.5 Å². The molecule has 2 saturated heterocycles. The summed E-state index contributed by atoms with van der Waals surface area (Å²) in [5.41, 5.74) is 5.98. The summed E-state index contributed by atoms with van der Waals surface area (Å²) >= 11 is 0. The highest BCUT2D eigenvalue weighted by molar-refractivity contribution is 5.98. The Balaban J connectivity index is 1.31. The second-order valence-corrected chi connectivity index (χ2v) is 7.71. The summed E-state index contributed by atoms with van der Waals surface area (Å²) in [5.74, 6) is 1.26. The van der Waals surface area contributed by atoms with E-state index in [1.165, 1.54) is 0 Å². The summed E-state index contributed by atoms with van der Waals surface area (Å²) in [6.07, 6.45) is 4.80. The molecule has 0 radical (unpaired) electrons. The van der Waals surface area contributed by atoms with Gasteiger partial charge in [-0.3, -0.25) is 9.59 Å². The van der Waals surface area contributed by atoms with Gasteiger partial charge in [-0.1, -0.05) is 0 Å². The second-order valence-electron chi connectivity index (χ2n) is 7.71. The van der Waals surface area contributed by atoms with Gasteiger partial charge in [-0.15, -0.1) is 0 Å². The van der Waals surface area contributed by atoms with Crippen LogP contribution >= 0.6 is 0 Å². The van der Waals surface area contributed by atoms with Crippen molar-refractivity contribution in [2.75, 3.05) is 49.6 Å². The van der Waals surface area contributed by atoms with Crippen molar-refractivity contribution < 1.29 is 14.3 Å². The number of carbonyl (C=O) groups is 2. The highest BCUT2D eigenvalue weighted by atomic mass is 16.5. The first-order valence-corrected chi connectivity index (χ1v) is 9.73. The van der Waals surface area contributed by atoms with Crippen LogP contribution in [0.25, 0.3) is 0 Å². The monoisotopic (exact) mass is 373 g/mol. The number of aromatic nitrogens is 1. The predicted molar refractivity (Wildman–Crippen MR) is 101 cm³/mol. The lowest BCUT2D eigenvalue weighted by Gasteiger charge is -2.35. The molecule has 0 unspecified atom stereocenters. The van der Waals surface area contributed by atoms with E-state index in [-0.39, 0.29) is 11.8 Å². The Kier molecular flexibility index (Phi) is 5.01. The number of hydrogen-bond acceptors (Lipinski definition) is 6. The summed E-state index contributed by atoms with van der Waals surface area (Å²) in [6, 6.07) is 3.76. The predicted octanol–water partition coefficient (Wildman–Crippen LogP) is 0.587. The molecule has 27 heavy (non-hydrogen) atoms. The molecule has 0 aromatic carbocycles. The molecule has 1 aromatic rings. The fourth-order valence-electron chi connectivity index (χ4n) is 3.61. The molecule has 3 aliphatic rings. The summed E-state index contributed by atoms with van der Waals surface area (Å²) < 4.78 is 5.28. The van der Waals surface area contributed by atoms with E-state index >= 15 is 0 Å². The number of nitrogens with zero attached hydrogens (tertiary/aromatic N) is 3. The van der Waals surface area contributed by atoms with Gasteiger partial charge in [-0.2, -0.15) is 0 Å². The first-order valence-electron chi connectivity index (χ1n) is 9.73. The third-order valence-corrected chi connectivity index (χ3v) is 5.68. The fraction of sp³-hybridized carbons (Fsp3) is 0.632. The summed E-state index contributed by atoms with van der Waals surface area (Å²) in [6.45, 7) is 4.07. The molecule has 2 aliphatic heterocycles. The van der Waals surface area contributed by atoms with Crippen LogP contribution in [0.3, 0.4) is 0 Å². The number of hydrogen-bond donors (Lipinski definition) is 2. The lowest BCUT2D eigenvalue weighted by atomic mass is 9.90. The van der Waals surface area contributed by atoms with E-state index in [2.05, 4.69) is 15.2 Å². The number of ether oxygens (including phenoxy) is 1. The SMILES string of the molecule is NC1(C(=O)Nc2ccc(N3CCN(C(=O)C4CC4)CC3)nc2)CCOCC1. The Bertz CT molecular complexity index is 690. The van der Waals surface area contributed by atoms with Gasteiger partial charge in [0.2, 0.25) is 11.8 Å². The van der Waals surface area contributed by atoms with Crippen LogP contribution < -0.4 is 16.0 Å². The van der Waals surface area contributed by atoms with Crippen LogP contribution in [0, 0.1) is 5.92 Å². The van der Waals surface area contributed by atoms with Gasteiger partial charge < -0.3 is 25.6 Å². The molecule has 3 heterocycles. The molecular weight excluding hydrogens is 346 g/mol. The molecule has 3 fully saturated rings. The van der Waals surface area contributed by atoms with Crippen molar-refractivity contribution in [2.24, 2.45) is 11.7 Å². The van der Waals surface area contributed by atoms with Crippen LogP contribution in [0.2, 0.25) is 0 Å². The maximum absolute atomic E-state index is 12.5. The third-order valence-electron chi connectivity index (χ3n) is 5.68. The van der Waals surface area contributed by atoms with Gasteiger partial charge in [0.15, 0.2) is 0 Å². The third kappa shape index (κ3) is 4.06. The van der Waals surface area contributed by atoms with Crippen molar-refractivity contribution in [2.45, 2.75) is 31.2 Å². The van der Waals surface area contributed by atoms with Crippen molar-refractivity contribution in [1.29, 1.82) is 0 Å². The minimum atomic E-state index is -0.874. The summed E-state index contributed by atoms with van der Waals surface area (Å²) in [5, 5.41) is 2.87. The molecule has 8 heteroatoms. The van der Waals surface area contributed by atoms with Crippen LogP contribution in [-0.4, -0.2) is 66.6 Å². The average Bonchev–Trinajstić information content (AvgIpc) is 3.54. The number of nitrogens with one attached hydrogen (secondary N) is 1. The first-order chi connectivity index (χ1) is 13.0. The van der Waals surface area contributed by atoms with E-state index in [1.807, 2.05) is 17.0 Å². The quantitative estimate of drug-likeness (QED) is 0.801. The Morgan fingerprint density at radius 1 is 1.15 bits per heavy atom. The first kappa shape index (κ1) is 18.2. The summed E-state index contributed by atoms with van der Waals surface area (Å²) in [7, 11) is 0. The zero-order valence-corrected chi connectivity index (χ0v) is 15.5. The maximum Gasteiger partial charge on any atom is 0.244 e. The Labute approximate surface area is 159 Å². The van der Waals surface area contributed by atoms with Gasteiger partial charge in [0.1, 0.15) is 11.4 Å². The lowest BCUT2D eigenvalue weighted by molar-refractivity contribution is -0.132. The standard InChI is InChI=1S/C19H27N5O3/c20-19(5-11-27-12-6-19)18(26)22-15-3-4-16(21-13-15)23-7-9-24(10-8-23)17(25)14-1-2-14/h3-4,13-14H,1-2,5-12,20H2,(H,22,26). The molecule has 1 saturated carbocycles. The van der Waals surface area contributed by atoms with Crippen molar-refractivity contribution in [3.63, 3.8) is 0 Å². The van der Waals surface area contributed by atoms with E-state index in [0.717, 1.165) is 44.8 Å². The highest BCUT2D eigenvalue weighted by Gasteiger charge is 2.36. The van der Waals surface area contributed by atoms with Crippen LogP contribution in [0.5, 0.6) is 0 Å². The van der Waals surface area contributed by atoms with Gasteiger partial charge >= 0.3 is 0 Å². The van der Waals surface area contributed by atoms with E-state index in [1.54, 1.807) is 6.20 Å². The van der Waals surface area contributed by atoms with Crippen LogP contribution in [-0.2, 0) is 14.3 Å². The number of carbonyl (C=O) groups excluding carboxylic acids is 2. The van der Waals surface area contributed by atoms with Crippen molar-refractivity contribution >= 4 is 23.3 Å².